The van der Waals surface area contributed by atoms with Gasteiger partial charge in [0.25, 0.3) is 0 Å². The number of amides is 1. The van der Waals surface area contributed by atoms with Gasteiger partial charge in [-0.1, -0.05) is 18.2 Å². The minimum Gasteiger partial charge on any atom is -0.496 e. The van der Waals surface area contributed by atoms with Crippen LogP contribution in [0.15, 0.2) is 36.7 Å². The zero-order valence-electron chi connectivity index (χ0n) is 21.2. The van der Waals surface area contributed by atoms with Crippen molar-refractivity contribution < 1.29 is 9.53 Å². The summed E-state index contributed by atoms with van der Waals surface area (Å²) in [4.78, 5) is 25.3. The second-order valence-corrected chi connectivity index (χ2v) is 9.51. The van der Waals surface area contributed by atoms with E-state index < -0.39 is 0 Å². The van der Waals surface area contributed by atoms with Gasteiger partial charge in [0.05, 0.1) is 18.5 Å². The fourth-order valence-electron chi connectivity index (χ4n) is 4.77. The van der Waals surface area contributed by atoms with Crippen LogP contribution in [0.4, 0.5) is 5.82 Å². The highest BCUT2D eigenvalue weighted by Crippen LogP contribution is 2.37. The summed E-state index contributed by atoms with van der Waals surface area (Å²) >= 11 is 0. The Hall–Kier alpha value is -3.46. The lowest BCUT2D eigenvalue weighted by molar-refractivity contribution is -0.127. The van der Waals surface area contributed by atoms with Crippen molar-refractivity contribution in [2.45, 2.75) is 44.7 Å². The van der Waals surface area contributed by atoms with Crippen molar-refractivity contribution >= 4 is 22.8 Å². The molecule has 0 atom stereocenters. The fourth-order valence-corrected chi connectivity index (χ4v) is 4.77. The molecule has 0 spiro atoms. The van der Waals surface area contributed by atoms with Gasteiger partial charge in [-0.3, -0.25) is 4.79 Å². The van der Waals surface area contributed by atoms with Crippen LogP contribution < -0.4 is 10.5 Å². The number of aryl methyl sites for hydroxylation is 1. The summed E-state index contributed by atoms with van der Waals surface area (Å²) in [5.74, 6) is 1.27. The average molecular weight is 478 g/mol. The number of rotatable bonds is 7. The summed E-state index contributed by atoms with van der Waals surface area (Å²) < 4.78 is 7.53. The van der Waals surface area contributed by atoms with Crippen molar-refractivity contribution in [2.24, 2.45) is 0 Å². The minimum absolute atomic E-state index is 0.0518. The first-order chi connectivity index (χ1) is 16.8. The van der Waals surface area contributed by atoms with Gasteiger partial charge in [0.15, 0.2) is 5.65 Å². The number of fused-ring (bicyclic) bond motifs is 1. The number of anilines is 1. The Morgan fingerprint density at radius 2 is 1.94 bits per heavy atom. The summed E-state index contributed by atoms with van der Waals surface area (Å²) in [6, 6.07) is 6.42. The largest absolute Gasteiger partial charge is 0.496 e. The van der Waals surface area contributed by atoms with Crippen molar-refractivity contribution in [3.8, 4) is 17.0 Å². The lowest BCUT2D eigenvalue weighted by atomic mass is 9.90. The molecular weight excluding hydrogens is 442 g/mol. The number of methoxy groups -OCH3 is 1. The first-order valence-electron chi connectivity index (χ1n) is 12.0. The molecule has 3 aromatic rings. The van der Waals surface area contributed by atoms with Gasteiger partial charge in [0.2, 0.25) is 5.91 Å². The molecule has 186 valence electrons. The Bertz CT molecular complexity index is 1230. The van der Waals surface area contributed by atoms with Crippen molar-refractivity contribution in [1.29, 1.82) is 0 Å². The number of nitrogens with zero attached hydrogens (tertiary/aromatic N) is 6. The molecular formula is C26H35N7O2. The van der Waals surface area contributed by atoms with Crippen LogP contribution >= 0.6 is 0 Å². The maximum Gasteiger partial charge on any atom is 0.246 e. The number of carbonyl (C=O) groups is 1. The van der Waals surface area contributed by atoms with Crippen molar-refractivity contribution in [2.75, 3.05) is 40.5 Å². The number of hydrogen-bond donors (Lipinski definition) is 1. The molecule has 1 aromatic carbocycles. The maximum atomic E-state index is 12.6. The third-order valence-electron chi connectivity index (χ3n) is 6.84. The molecule has 0 aliphatic heterocycles. The van der Waals surface area contributed by atoms with E-state index in [1.807, 2.05) is 66.8 Å². The number of nitrogens with two attached hydrogens (primary N) is 1. The standard InChI is InChI=1S/C26H35N7O2/c1-17-8-9-18(15-21(17)35-5)24-23-25(27)28-16-29-26(23)33(30-24)20-12-10-19(11-13-20)32(4)22(34)7-6-14-31(2)3/h6-9,15-16,19-20H,10-14H2,1-5H3,(H2,27,28,29)/b7-6+. The molecule has 4 rings (SSSR count). The molecule has 9 nitrogen and oxygen atoms in total. The Kier molecular flexibility index (Phi) is 7.35. The topological polar surface area (TPSA) is 102 Å². The van der Waals surface area contributed by atoms with Gasteiger partial charge in [-0.15, -0.1) is 0 Å². The second kappa shape index (κ2) is 10.4. The first-order valence-corrected chi connectivity index (χ1v) is 12.0. The number of ether oxygens (including phenoxy) is 1. The number of hydrogen-bond acceptors (Lipinski definition) is 7. The Labute approximate surface area is 206 Å². The van der Waals surface area contributed by atoms with E-state index in [1.54, 1.807) is 13.2 Å². The van der Waals surface area contributed by atoms with Crippen LogP contribution in [0.25, 0.3) is 22.3 Å². The third-order valence-corrected chi connectivity index (χ3v) is 6.84. The van der Waals surface area contributed by atoms with Crippen LogP contribution in [0.1, 0.15) is 37.3 Å². The van der Waals surface area contributed by atoms with E-state index in [0.29, 0.717) is 5.82 Å². The predicted molar refractivity (Wildman–Crippen MR) is 138 cm³/mol. The molecule has 1 aliphatic rings. The van der Waals surface area contributed by atoms with Crippen LogP contribution in [0, 0.1) is 6.92 Å². The molecule has 0 bridgehead atoms. The fraction of sp³-hybridized carbons (Fsp3) is 0.462. The molecule has 1 amide bonds. The molecule has 1 aliphatic carbocycles. The van der Waals surface area contributed by atoms with E-state index in [2.05, 4.69) is 9.97 Å². The summed E-state index contributed by atoms with van der Waals surface area (Å²) in [6.07, 6.45) is 8.70. The average Bonchev–Trinajstić information content (AvgIpc) is 3.24. The van der Waals surface area contributed by atoms with Gasteiger partial charge in [-0.2, -0.15) is 5.10 Å². The lowest BCUT2D eigenvalue weighted by Crippen LogP contribution is -2.39. The van der Waals surface area contributed by atoms with Crippen molar-refractivity contribution in [1.82, 2.24) is 29.5 Å². The van der Waals surface area contributed by atoms with Gasteiger partial charge in [0, 0.05) is 31.3 Å². The molecule has 0 radical (unpaired) electrons. The van der Waals surface area contributed by atoms with E-state index in [-0.39, 0.29) is 18.0 Å². The second-order valence-electron chi connectivity index (χ2n) is 9.51. The summed E-state index contributed by atoms with van der Waals surface area (Å²) in [5, 5.41) is 5.76. The number of aromatic nitrogens is 4. The number of likely N-dealkylation sites (N-methyl/N-ethyl adjacent to an activating group) is 2. The van der Waals surface area contributed by atoms with Crippen molar-refractivity contribution in [3.63, 3.8) is 0 Å². The molecule has 35 heavy (non-hydrogen) atoms. The van der Waals surface area contributed by atoms with Crippen LogP contribution in [-0.4, -0.2) is 76.3 Å². The summed E-state index contributed by atoms with van der Waals surface area (Å²) in [6.45, 7) is 2.76. The maximum absolute atomic E-state index is 12.6. The molecule has 2 heterocycles. The summed E-state index contributed by atoms with van der Waals surface area (Å²) in [5.41, 5.74) is 9.78. The zero-order valence-corrected chi connectivity index (χ0v) is 21.2. The molecule has 2 N–H and O–H groups in total. The van der Waals surface area contributed by atoms with Gasteiger partial charge in [0.1, 0.15) is 23.6 Å². The Balaban J connectivity index is 1.56. The van der Waals surface area contributed by atoms with E-state index in [4.69, 9.17) is 15.6 Å². The normalized spacial score (nSPS) is 18.5. The molecule has 1 fully saturated rings. The molecule has 1 saturated carbocycles. The molecule has 9 heteroatoms. The van der Waals surface area contributed by atoms with E-state index >= 15 is 0 Å². The van der Waals surface area contributed by atoms with Gasteiger partial charge in [-0.05, 0) is 58.3 Å². The van der Waals surface area contributed by atoms with E-state index in [1.165, 1.54) is 6.33 Å². The van der Waals surface area contributed by atoms with Crippen LogP contribution in [0.3, 0.4) is 0 Å². The van der Waals surface area contributed by atoms with Crippen molar-refractivity contribution in [3.05, 3.63) is 42.2 Å². The van der Waals surface area contributed by atoms with Crippen LogP contribution in [0.5, 0.6) is 5.75 Å². The van der Waals surface area contributed by atoms with Gasteiger partial charge >= 0.3 is 0 Å². The SMILES string of the molecule is COc1cc(-c2nn(C3CCC(N(C)C(=O)/C=C/CN(C)C)CC3)c3ncnc(N)c23)ccc1C. The predicted octanol–water partition coefficient (Wildman–Crippen LogP) is 3.45. The highest BCUT2D eigenvalue weighted by atomic mass is 16.5. The number of benzene rings is 1. The van der Waals surface area contributed by atoms with E-state index in [9.17, 15) is 4.79 Å². The highest BCUT2D eigenvalue weighted by molar-refractivity contribution is 5.98. The third kappa shape index (κ3) is 5.14. The first kappa shape index (κ1) is 24.7. The Morgan fingerprint density at radius 3 is 2.63 bits per heavy atom. The zero-order chi connectivity index (χ0) is 25.1. The van der Waals surface area contributed by atoms with Gasteiger partial charge < -0.3 is 20.3 Å². The van der Waals surface area contributed by atoms with E-state index in [0.717, 1.165) is 65.8 Å². The number of nitrogen functional groups attached to an aromatic ring is 1. The monoisotopic (exact) mass is 477 g/mol. The molecule has 0 saturated heterocycles. The Morgan fingerprint density at radius 1 is 1.20 bits per heavy atom. The minimum atomic E-state index is 0.0518. The lowest BCUT2D eigenvalue weighted by Gasteiger charge is -2.34. The number of carbonyl (C=O) groups excluding carboxylic acids is 1. The highest BCUT2D eigenvalue weighted by Gasteiger charge is 2.29. The van der Waals surface area contributed by atoms with Gasteiger partial charge in [-0.25, -0.2) is 14.6 Å². The summed E-state index contributed by atoms with van der Waals surface area (Å²) in [7, 11) is 7.53. The smallest absolute Gasteiger partial charge is 0.246 e. The quantitative estimate of drug-likeness (QED) is 0.520. The molecule has 0 unspecified atom stereocenters. The van der Waals surface area contributed by atoms with Crippen LogP contribution in [-0.2, 0) is 4.79 Å². The van der Waals surface area contributed by atoms with Crippen LogP contribution in [0.2, 0.25) is 0 Å². The molecule has 2 aromatic heterocycles.